The average Bonchev–Trinajstić information content (AvgIpc) is 2.89. The Balaban J connectivity index is 1.70. The molecule has 1 amide bonds. The number of nitrogens with zero attached hydrogens (tertiary/aromatic N) is 3. The van der Waals surface area contributed by atoms with Gasteiger partial charge in [-0.25, -0.2) is 4.99 Å². The van der Waals surface area contributed by atoms with E-state index in [2.05, 4.69) is 20.8 Å². The summed E-state index contributed by atoms with van der Waals surface area (Å²) in [6, 6.07) is 14.0. The Hall–Kier alpha value is -1.98. The molecule has 0 saturated carbocycles. The van der Waals surface area contributed by atoms with Crippen LogP contribution < -0.4 is 4.90 Å². The molecule has 2 aromatic carbocycles. The van der Waals surface area contributed by atoms with Crippen molar-refractivity contribution >= 4 is 38.9 Å². The summed E-state index contributed by atoms with van der Waals surface area (Å²) in [5.74, 6) is -0.00996. The van der Waals surface area contributed by atoms with E-state index >= 15 is 0 Å². The highest BCUT2D eigenvalue weighted by Crippen LogP contribution is 2.33. The number of aryl methyl sites for hydroxylation is 1. The number of rotatable bonds is 3. The van der Waals surface area contributed by atoms with E-state index < -0.39 is 0 Å². The summed E-state index contributed by atoms with van der Waals surface area (Å²) in [5, 5.41) is 0. The lowest BCUT2D eigenvalue weighted by atomic mass is 10.1. The summed E-state index contributed by atoms with van der Waals surface area (Å²) in [7, 11) is 0. The van der Waals surface area contributed by atoms with Crippen LogP contribution in [0.25, 0.3) is 0 Å². The number of hydrogen-bond acceptors (Lipinski definition) is 3. The Morgan fingerprint density at radius 3 is 2.50 bits per heavy atom. The predicted octanol–water partition coefficient (Wildman–Crippen LogP) is 4.67. The third kappa shape index (κ3) is 3.46. The smallest absolute Gasteiger partial charge is 0.278 e. The van der Waals surface area contributed by atoms with Crippen molar-refractivity contribution in [2.45, 2.75) is 26.2 Å². The second-order valence-electron chi connectivity index (χ2n) is 7.01. The molecule has 0 atom stereocenters. The van der Waals surface area contributed by atoms with Crippen molar-refractivity contribution in [2.75, 3.05) is 24.7 Å². The first-order chi connectivity index (χ1) is 12.6. The Bertz CT molecular complexity index is 854. The quantitative estimate of drug-likeness (QED) is 0.735. The Morgan fingerprint density at radius 2 is 1.77 bits per heavy atom. The van der Waals surface area contributed by atoms with Crippen molar-refractivity contribution in [1.82, 2.24) is 4.90 Å². The minimum absolute atomic E-state index is 0.00996. The van der Waals surface area contributed by atoms with Gasteiger partial charge in [-0.1, -0.05) is 40.0 Å². The molecule has 5 heteroatoms. The Labute approximate surface area is 162 Å². The van der Waals surface area contributed by atoms with Crippen molar-refractivity contribution in [3.05, 3.63) is 58.1 Å². The third-order valence-electron chi connectivity index (χ3n) is 5.02. The highest BCUT2D eigenvalue weighted by molar-refractivity contribution is 9.10. The number of anilines is 1. The number of likely N-dealkylation sites (tertiary alicyclic amines) is 1. The second-order valence-corrected chi connectivity index (χ2v) is 7.93. The molecular weight excluding hydrogens is 390 g/mol. The predicted molar refractivity (Wildman–Crippen MR) is 109 cm³/mol. The van der Waals surface area contributed by atoms with Crippen molar-refractivity contribution in [3.63, 3.8) is 0 Å². The molecule has 0 aromatic heterocycles. The van der Waals surface area contributed by atoms with Crippen LogP contribution >= 0.6 is 15.9 Å². The number of halogens is 1. The van der Waals surface area contributed by atoms with Gasteiger partial charge < -0.3 is 0 Å². The van der Waals surface area contributed by atoms with Gasteiger partial charge in [-0.3, -0.25) is 14.6 Å². The molecule has 1 saturated heterocycles. The number of aliphatic imine (C=N–C) groups is 1. The van der Waals surface area contributed by atoms with Gasteiger partial charge in [-0.05, 0) is 63.2 Å². The maximum Gasteiger partial charge on any atom is 0.278 e. The van der Waals surface area contributed by atoms with E-state index in [9.17, 15) is 4.79 Å². The summed E-state index contributed by atoms with van der Waals surface area (Å²) >= 11 is 3.53. The number of benzene rings is 2. The normalized spacial score (nSPS) is 19.2. The van der Waals surface area contributed by atoms with Gasteiger partial charge in [0.25, 0.3) is 5.91 Å². The van der Waals surface area contributed by atoms with Gasteiger partial charge in [-0.2, -0.15) is 0 Å². The lowest BCUT2D eigenvalue weighted by molar-refractivity contribution is -0.112. The van der Waals surface area contributed by atoms with Gasteiger partial charge in [0.2, 0.25) is 0 Å². The average molecular weight is 412 g/mol. The van der Waals surface area contributed by atoms with Gasteiger partial charge in [0.15, 0.2) is 0 Å². The van der Waals surface area contributed by atoms with Crippen molar-refractivity contribution < 1.29 is 4.79 Å². The number of amides is 1. The maximum atomic E-state index is 13.2. The van der Waals surface area contributed by atoms with Crippen LogP contribution in [0, 0.1) is 6.92 Å². The lowest BCUT2D eigenvalue weighted by Gasteiger charge is -2.30. The van der Waals surface area contributed by atoms with E-state index in [1.54, 1.807) is 0 Å². The fourth-order valence-corrected chi connectivity index (χ4v) is 3.94. The van der Waals surface area contributed by atoms with Gasteiger partial charge in [0.1, 0.15) is 5.71 Å². The largest absolute Gasteiger partial charge is 0.293 e. The second kappa shape index (κ2) is 7.33. The van der Waals surface area contributed by atoms with Crippen molar-refractivity contribution in [3.8, 4) is 0 Å². The van der Waals surface area contributed by atoms with Crippen LogP contribution in [0.2, 0.25) is 0 Å². The van der Waals surface area contributed by atoms with E-state index in [1.807, 2.05) is 54.3 Å². The molecule has 2 aliphatic heterocycles. The van der Waals surface area contributed by atoms with Crippen LogP contribution in [0.1, 0.15) is 30.4 Å². The molecule has 0 radical (unpaired) electrons. The monoisotopic (exact) mass is 411 g/mol. The lowest BCUT2D eigenvalue weighted by Crippen LogP contribution is -2.43. The molecule has 1 fully saturated rings. The van der Waals surface area contributed by atoms with Crippen molar-refractivity contribution in [1.29, 1.82) is 0 Å². The van der Waals surface area contributed by atoms with Crippen LogP contribution in [0.3, 0.4) is 0 Å². The van der Waals surface area contributed by atoms with Crippen LogP contribution in [0.15, 0.2) is 51.9 Å². The number of piperidine rings is 1. The van der Waals surface area contributed by atoms with E-state index in [4.69, 9.17) is 4.99 Å². The molecule has 4 rings (SSSR count). The highest BCUT2D eigenvalue weighted by atomic mass is 79.9. The summed E-state index contributed by atoms with van der Waals surface area (Å²) in [6.45, 7) is 4.80. The summed E-state index contributed by atoms with van der Waals surface area (Å²) < 4.78 is 0.959. The fraction of sp³-hybridized carbons (Fsp3) is 0.333. The van der Waals surface area contributed by atoms with E-state index in [-0.39, 0.29) is 5.91 Å². The van der Waals surface area contributed by atoms with Gasteiger partial charge in [0, 0.05) is 10.0 Å². The summed E-state index contributed by atoms with van der Waals surface area (Å²) in [4.78, 5) is 22.1. The SMILES string of the molecule is Cc1ccc(N=C2C(=O)N(CN3CCCCC3)c3ccc(Br)cc32)cc1. The summed E-state index contributed by atoms with van der Waals surface area (Å²) in [6.07, 6.45) is 3.70. The zero-order valence-corrected chi connectivity index (χ0v) is 16.5. The first kappa shape index (κ1) is 17.4. The fourth-order valence-electron chi connectivity index (χ4n) is 3.58. The Morgan fingerprint density at radius 1 is 1.04 bits per heavy atom. The van der Waals surface area contributed by atoms with E-state index in [0.29, 0.717) is 12.4 Å². The minimum Gasteiger partial charge on any atom is -0.293 e. The third-order valence-corrected chi connectivity index (χ3v) is 5.51. The molecule has 2 heterocycles. The first-order valence-corrected chi connectivity index (χ1v) is 9.90. The Kier molecular flexibility index (Phi) is 4.92. The molecule has 0 spiro atoms. The minimum atomic E-state index is -0.00996. The molecule has 0 unspecified atom stereocenters. The number of carbonyl (C=O) groups excluding carboxylic acids is 1. The summed E-state index contributed by atoms with van der Waals surface area (Å²) in [5.41, 5.74) is 4.38. The number of carbonyl (C=O) groups is 1. The van der Waals surface area contributed by atoms with Crippen molar-refractivity contribution in [2.24, 2.45) is 4.99 Å². The molecule has 4 nitrogen and oxygen atoms in total. The van der Waals surface area contributed by atoms with E-state index in [0.717, 1.165) is 34.5 Å². The van der Waals surface area contributed by atoms with Gasteiger partial charge in [-0.15, -0.1) is 0 Å². The first-order valence-electron chi connectivity index (χ1n) is 9.11. The molecule has 2 aliphatic rings. The maximum absolute atomic E-state index is 13.2. The highest BCUT2D eigenvalue weighted by Gasteiger charge is 2.35. The zero-order chi connectivity index (χ0) is 18.1. The zero-order valence-electron chi connectivity index (χ0n) is 14.9. The van der Waals surface area contributed by atoms with Crippen LogP contribution in [-0.2, 0) is 4.79 Å². The van der Waals surface area contributed by atoms with Gasteiger partial charge >= 0.3 is 0 Å². The topological polar surface area (TPSA) is 35.9 Å². The molecule has 0 N–H and O–H groups in total. The molecule has 26 heavy (non-hydrogen) atoms. The molecule has 0 bridgehead atoms. The standard InChI is InChI=1S/C21H22BrN3O/c1-15-5-8-17(9-6-15)23-20-18-13-16(22)7-10-19(18)25(21(20)26)14-24-11-3-2-4-12-24/h5-10,13H,2-4,11-12,14H2,1H3. The molecule has 0 aliphatic carbocycles. The van der Waals surface area contributed by atoms with Crippen LogP contribution in [0.5, 0.6) is 0 Å². The molecule has 134 valence electrons. The molecule has 2 aromatic rings. The molecular formula is C21H22BrN3O. The van der Waals surface area contributed by atoms with Crippen LogP contribution in [-0.4, -0.2) is 36.3 Å². The number of fused-ring (bicyclic) bond motifs is 1. The van der Waals surface area contributed by atoms with Gasteiger partial charge in [0.05, 0.1) is 18.0 Å². The van der Waals surface area contributed by atoms with E-state index in [1.165, 1.54) is 24.8 Å². The number of hydrogen-bond donors (Lipinski definition) is 0. The van der Waals surface area contributed by atoms with Crippen LogP contribution in [0.4, 0.5) is 11.4 Å².